The van der Waals surface area contributed by atoms with Crippen LogP contribution in [0.1, 0.15) is 24.9 Å². The van der Waals surface area contributed by atoms with Gasteiger partial charge < -0.3 is 11.1 Å². The number of nitrogens with one attached hydrogen (secondary N) is 1. The van der Waals surface area contributed by atoms with Gasteiger partial charge in [0.05, 0.1) is 0 Å². The second kappa shape index (κ2) is 7.35. The molecule has 0 fully saturated rings. The Labute approximate surface area is 107 Å². The first-order valence-electron chi connectivity index (χ1n) is 5.78. The molecule has 17 heavy (non-hydrogen) atoms. The topological polar surface area (TPSA) is 55.1 Å². The fraction of sp³-hybridized carbons (Fsp3) is 0.462. The molecule has 0 heterocycles. The predicted octanol–water partition coefficient (Wildman–Crippen LogP) is 1.94. The number of nitrogens with two attached hydrogens (primary N) is 1. The molecule has 4 heteroatoms. The van der Waals surface area contributed by atoms with Crippen LogP contribution in [0.4, 0.5) is 0 Å². The lowest BCUT2D eigenvalue weighted by Gasteiger charge is -2.19. The molecular formula is C13H20N2OS. The molecule has 1 unspecified atom stereocenters. The third-order valence-corrected chi connectivity index (χ3v) is 3.38. The van der Waals surface area contributed by atoms with E-state index < -0.39 is 6.04 Å². The monoisotopic (exact) mass is 252 g/mol. The third kappa shape index (κ3) is 4.40. The van der Waals surface area contributed by atoms with Crippen molar-refractivity contribution in [2.75, 3.05) is 12.0 Å². The van der Waals surface area contributed by atoms with Crippen LogP contribution in [0.15, 0.2) is 30.3 Å². The molecule has 1 aromatic rings. The molecule has 2 atom stereocenters. The molecule has 0 aliphatic heterocycles. The van der Waals surface area contributed by atoms with E-state index in [0.29, 0.717) is 0 Å². The van der Waals surface area contributed by atoms with Gasteiger partial charge in [0, 0.05) is 11.8 Å². The summed E-state index contributed by atoms with van der Waals surface area (Å²) in [6, 6.07) is 9.07. The van der Waals surface area contributed by atoms with E-state index in [1.54, 1.807) is 11.8 Å². The smallest absolute Gasteiger partial charge is 0.241 e. The van der Waals surface area contributed by atoms with Gasteiger partial charge in [0.25, 0.3) is 0 Å². The lowest BCUT2D eigenvalue weighted by atomic mass is 10.1. The van der Waals surface area contributed by atoms with Gasteiger partial charge in [-0.1, -0.05) is 37.3 Å². The summed E-state index contributed by atoms with van der Waals surface area (Å²) in [7, 11) is 0. The maximum Gasteiger partial charge on any atom is 0.241 e. The lowest BCUT2D eigenvalue weighted by molar-refractivity contribution is -0.123. The fourth-order valence-electron chi connectivity index (χ4n) is 1.57. The number of carbonyl (C=O) groups excluding carboxylic acids is 1. The number of thioether (sulfide) groups is 1. The van der Waals surface area contributed by atoms with Crippen LogP contribution in [0.5, 0.6) is 0 Å². The number of hydrogen-bond donors (Lipinski definition) is 2. The van der Waals surface area contributed by atoms with E-state index in [2.05, 4.69) is 12.2 Å². The van der Waals surface area contributed by atoms with Crippen molar-refractivity contribution in [3.63, 3.8) is 0 Å². The zero-order valence-corrected chi connectivity index (χ0v) is 11.2. The average molecular weight is 252 g/mol. The van der Waals surface area contributed by atoms with Gasteiger partial charge >= 0.3 is 0 Å². The Morgan fingerprint density at radius 2 is 2.06 bits per heavy atom. The first-order chi connectivity index (χ1) is 8.19. The second-order valence-corrected chi connectivity index (χ2v) is 4.87. The highest BCUT2D eigenvalue weighted by molar-refractivity contribution is 7.98. The SMILES string of the molecule is CCC(CSC)NC(=O)[C@@H](N)c1ccccc1. The summed E-state index contributed by atoms with van der Waals surface area (Å²) in [6.45, 7) is 2.06. The van der Waals surface area contributed by atoms with Gasteiger partial charge in [-0.05, 0) is 18.2 Å². The highest BCUT2D eigenvalue weighted by Crippen LogP contribution is 2.10. The van der Waals surface area contributed by atoms with Gasteiger partial charge in [0.1, 0.15) is 6.04 Å². The van der Waals surface area contributed by atoms with Crippen LogP contribution < -0.4 is 11.1 Å². The van der Waals surface area contributed by atoms with Crippen LogP contribution in [0.3, 0.4) is 0 Å². The summed E-state index contributed by atoms with van der Waals surface area (Å²) in [4.78, 5) is 11.9. The number of carbonyl (C=O) groups is 1. The molecule has 0 aliphatic carbocycles. The van der Waals surface area contributed by atoms with Gasteiger partial charge in [-0.25, -0.2) is 0 Å². The maximum atomic E-state index is 11.9. The van der Waals surface area contributed by atoms with Gasteiger partial charge in [-0.2, -0.15) is 11.8 Å². The van der Waals surface area contributed by atoms with E-state index in [1.807, 2.05) is 36.6 Å². The maximum absolute atomic E-state index is 11.9. The van der Waals surface area contributed by atoms with Crippen molar-refractivity contribution in [3.05, 3.63) is 35.9 Å². The summed E-state index contributed by atoms with van der Waals surface area (Å²) in [5.41, 5.74) is 6.77. The van der Waals surface area contributed by atoms with Gasteiger partial charge in [0.15, 0.2) is 0 Å². The molecular weight excluding hydrogens is 232 g/mol. The Bertz CT molecular complexity index is 343. The molecule has 0 saturated carbocycles. The van der Waals surface area contributed by atoms with Crippen molar-refractivity contribution in [1.82, 2.24) is 5.32 Å². The molecule has 1 aromatic carbocycles. The van der Waals surface area contributed by atoms with Crippen molar-refractivity contribution in [3.8, 4) is 0 Å². The normalized spacial score (nSPS) is 14.1. The minimum atomic E-state index is -0.577. The van der Waals surface area contributed by atoms with E-state index in [-0.39, 0.29) is 11.9 Å². The van der Waals surface area contributed by atoms with Crippen LogP contribution >= 0.6 is 11.8 Å². The first kappa shape index (κ1) is 14.1. The van der Waals surface area contributed by atoms with Crippen LogP contribution in [-0.4, -0.2) is 24.0 Å². The standard InChI is InChI=1S/C13H20N2OS/c1-3-11(9-17-2)15-13(16)12(14)10-7-5-4-6-8-10/h4-8,11-12H,3,9,14H2,1-2H3,(H,15,16)/t11?,12-/m0/s1. The summed E-state index contributed by atoms with van der Waals surface area (Å²) in [5, 5.41) is 2.98. The largest absolute Gasteiger partial charge is 0.351 e. The quantitative estimate of drug-likeness (QED) is 0.813. The number of rotatable bonds is 6. The first-order valence-corrected chi connectivity index (χ1v) is 7.18. The minimum Gasteiger partial charge on any atom is -0.351 e. The second-order valence-electron chi connectivity index (χ2n) is 3.96. The molecule has 0 saturated heterocycles. The van der Waals surface area contributed by atoms with Crippen molar-refractivity contribution in [1.29, 1.82) is 0 Å². The van der Waals surface area contributed by atoms with Crippen molar-refractivity contribution in [2.24, 2.45) is 5.73 Å². The Kier molecular flexibility index (Phi) is 6.08. The van der Waals surface area contributed by atoms with E-state index in [0.717, 1.165) is 17.7 Å². The molecule has 3 N–H and O–H groups in total. The molecule has 94 valence electrons. The Morgan fingerprint density at radius 3 is 2.59 bits per heavy atom. The number of amides is 1. The molecule has 0 aromatic heterocycles. The molecule has 3 nitrogen and oxygen atoms in total. The van der Waals surface area contributed by atoms with Crippen LogP contribution in [0.2, 0.25) is 0 Å². The lowest BCUT2D eigenvalue weighted by Crippen LogP contribution is -2.41. The van der Waals surface area contributed by atoms with Crippen LogP contribution in [0, 0.1) is 0 Å². The van der Waals surface area contributed by atoms with E-state index in [1.165, 1.54) is 0 Å². The zero-order valence-electron chi connectivity index (χ0n) is 10.3. The summed E-state index contributed by atoms with van der Waals surface area (Å²) in [5.74, 6) is 0.820. The highest BCUT2D eigenvalue weighted by Gasteiger charge is 2.18. The van der Waals surface area contributed by atoms with Crippen molar-refractivity contribution < 1.29 is 4.79 Å². The van der Waals surface area contributed by atoms with E-state index in [4.69, 9.17) is 5.73 Å². The summed E-state index contributed by atoms with van der Waals surface area (Å²) in [6.07, 6.45) is 2.96. The number of hydrogen-bond acceptors (Lipinski definition) is 3. The van der Waals surface area contributed by atoms with Crippen molar-refractivity contribution in [2.45, 2.75) is 25.4 Å². The number of benzene rings is 1. The highest BCUT2D eigenvalue weighted by atomic mass is 32.2. The molecule has 0 aliphatic rings. The Balaban J connectivity index is 2.58. The fourth-order valence-corrected chi connectivity index (χ4v) is 2.29. The van der Waals surface area contributed by atoms with Crippen LogP contribution in [-0.2, 0) is 4.79 Å². The minimum absolute atomic E-state index is 0.0999. The van der Waals surface area contributed by atoms with Crippen LogP contribution in [0.25, 0.3) is 0 Å². The molecule has 1 amide bonds. The summed E-state index contributed by atoms with van der Waals surface area (Å²) < 4.78 is 0. The zero-order chi connectivity index (χ0) is 12.7. The molecule has 1 rings (SSSR count). The van der Waals surface area contributed by atoms with Gasteiger partial charge in [0.2, 0.25) is 5.91 Å². The predicted molar refractivity (Wildman–Crippen MR) is 74.0 cm³/mol. The molecule has 0 radical (unpaired) electrons. The van der Waals surface area contributed by atoms with E-state index >= 15 is 0 Å². The molecule has 0 spiro atoms. The summed E-state index contributed by atoms with van der Waals surface area (Å²) >= 11 is 1.73. The van der Waals surface area contributed by atoms with Crippen molar-refractivity contribution >= 4 is 17.7 Å². The van der Waals surface area contributed by atoms with E-state index in [9.17, 15) is 4.79 Å². The van der Waals surface area contributed by atoms with Gasteiger partial charge in [-0.15, -0.1) is 0 Å². The Morgan fingerprint density at radius 1 is 1.41 bits per heavy atom. The Hall–Kier alpha value is -1.00. The van der Waals surface area contributed by atoms with Gasteiger partial charge in [-0.3, -0.25) is 4.79 Å². The molecule has 0 bridgehead atoms. The third-order valence-electron chi connectivity index (χ3n) is 2.65. The average Bonchev–Trinajstić information content (AvgIpc) is 2.38.